The van der Waals surface area contributed by atoms with Crippen molar-refractivity contribution < 1.29 is 4.79 Å². The third kappa shape index (κ3) is 3.38. The lowest BCUT2D eigenvalue weighted by atomic mass is 9.94. The SMILES string of the molecule is CCCN1CCC(NC(=O)C2(c3ccc(Br)cc3)CC2)CC1. The number of nitrogens with one attached hydrogen (secondary N) is 1. The van der Waals surface area contributed by atoms with Crippen molar-refractivity contribution in [3.63, 3.8) is 0 Å². The number of hydrogen-bond acceptors (Lipinski definition) is 2. The Morgan fingerprint density at radius 2 is 1.91 bits per heavy atom. The molecule has 3 nitrogen and oxygen atoms in total. The minimum atomic E-state index is -0.249. The zero-order valence-corrected chi connectivity index (χ0v) is 14.9. The van der Waals surface area contributed by atoms with Gasteiger partial charge in [0, 0.05) is 23.6 Å². The molecular weight excluding hydrogens is 340 g/mol. The number of carbonyl (C=O) groups is 1. The van der Waals surface area contributed by atoms with E-state index in [1.165, 1.54) is 13.0 Å². The third-order valence-electron chi connectivity index (χ3n) is 5.04. The minimum absolute atomic E-state index is 0.240. The van der Waals surface area contributed by atoms with E-state index in [-0.39, 0.29) is 11.3 Å². The Morgan fingerprint density at radius 3 is 2.45 bits per heavy atom. The molecule has 0 atom stereocenters. The van der Waals surface area contributed by atoms with Crippen LogP contribution in [-0.2, 0) is 10.2 Å². The number of carbonyl (C=O) groups excluding carboxylic acids is 1. The molecule has 0 spiro atoms. The average Bonchev–Trinajstić information content (AvgIpc) is 3.32. The number of halogens is 1. The van der Waals surface area contributed by atoms with Crippen LogP contribution in [0.4, 0.5) is 0 Å². The molecular formula is C18H25BrN2O. The van der Waals surface area contributed by atoms with Crippen molar-refractivity contribution in [1.82, 2.24) is 10.2 Å². The largest absolute Gasteiger partial charge is 0.353 e. The van der Waals surface area contributed by atoms with Crippen molar-refractivity contribution >= 4 is 21.8 Å². The van der Waals surface area contributed by atoms with Crippen LogP contribution in [0.1, 0.15) is 44.6 Å². The van der Waals surface area contributed by atoms with Crippen molar-refractivity contribution in [3.05, 3.63) is 34.3 Å². The highest BCUT2D eigenvalue weighted by atomic mass is 79.9. The van der Waals surface area contributed by atoms with Gasteiger partial charge in [0.05, 0.1) is 5.41 Å². The fraction of sp³-hybridized carbons (Fsp3) is 0.611. The van der Waals surface area contributed by atoms with Gasteiger partial charge in [0.15, 0.2) is 0 Å². The zero-order chi connectivity index (χ0) is 15.6. The van der Waals surface area contributed by atoms with Gasteiger partial charge in [-0.2, -0.15) is 0 Å². The van der Waals surface area contributed by atoms with Crippen molar-refractivity contribution in [2.24, 2.45) is 0 Å². The summed E-state index contributed by atoms with van der Waals surface area (Å²) in [5.41, 5.74) is 0.915. The first kappa shape index (κ1) is 16.0. The summed E-state index contributed by atoms with van der Waals surface area (Å²) in [6.45, 7) is 5.64. The standard InChI is InChI=1S/C18H25BrN2O/c1-2-11-21-12-7-16(8-13-21)20-17(22)18(9-10-18)14-3-5-15(19)6-4-14/h3-6,16H,2,7-13H2,1H3,(H,20,22). The summed E-state index contributed by atoms with van der Waals surface area (Å²) in [4.78, 5) is 15.3. The fourth-order valence-electron chi connectivity index (χ4n) is 3.48. The van der Waals surface area contributed by atoms with Crippen molar-refractivity contribution in [1.29, 1.82) is 0 Å². The molecule has 1 saturated carbocycles. The average molecular weight is 365 g/mol. The Hall–Kier alpha value is -0.870. The van der Waals surface area contributed by atoms with Crippen LogP contribution < -0.4 is 5.32 Å². The maximum absolute atomic E-state index is 12.8. The van der Waals surface area contributed by atoms with E-state index in [1.54, 1.807) is 0 Å². The van der Waals surface area contributed by atoms with Gasteiger partial charge in [0.25, 0.3) is 0 Å². The Kier molecular flexibility index (Phi) is 4.88. The predicted octanol–water partition coefficient (Wildman–Crippen LogP) is 3.47. The summed E-state index contributed by atoms with van der Waals surface area (Å²) in [5.74, 6) is 0.240. The van der Waals surface area contributed by atoms with E-state index >= 15 is 0 Å². The summed E-state index contributed by atoms with van der Waals surface area (Å²) in [6.07, 6.45) is 5.35. The summed E-state index contributed by atoms with van der Waals surface area (Å²) in [5, 5.41) is 3.32. The van der Waals surface area contributed by atoms with Crippen molar-refractivity contribution in [2.45, 2.75) is 50.5 Å². The molecule has 0 radical (unpaired) electrons. The molecule has 0 unspecified atom stereocenters. The molecule has 1 heterocycles. The zero-order valence-electron chi connectivity index (χ0n) is 13.3. The number of nitrogens with zero attached hydrogens (tertiary/aromatic N) is 1. The van der Waals surface area contributed by atoms with Crippen molar-refractivity contribution in [2.75, 3.05) is 19.6 Å². The van der Waals surface area contributed by atoms with Crippen LogP contribution in [0.25, 0.3) is 0 Å². The Labute approximate surface area is 141 Å². The van der Waals surface area contributed by atoms with Crippen LogP contribution in [0.3, 0.4) is 0 Å². The second-order valence-corrected chi connectivity index (χ2v) is 7.59. The lowest BCUT2D eigenvalue weighted by Gasteiger charge is -2.33. The monoisotopic (exact) mass is 364 g/mol. The Bertz CT molecular complexity index is 516. The van der Waals surface area contributed by atoms with E-state index in [4.69, 9.17) is 0 Å². The van der Waals surface area contributed by atoms with E-state index < -0.39 is 0 Å². The highest BCUT2D eigenvalue weighted by Gasteiger charge is 2.51. The highest BCUT2D eigenvalue weighted by Crippen LogP contribution is 2.48. The van der Waals surface area contributed by atoms with Gasteiger partial charge in [-0.25, -0.2) is 0 Å². The van der Waals surface area contributed by atoms with E-state index in [0.29, 0.717) is 6.04 Å². The second kappa shape index (κ2) is 6.71. The molecule has 1 saturated heterocycles. The van der Waals surface area contributed by atoms with E-state index in [1.807, 2.05) is 12.1 Å². The molecule has 1 amide bonds. The molecule has 1 aliphatic heterocycles. The molecule has 2 fully saturated rings. The van der Waals surface area contributed by atoms with E-state index in [0.717, 1.165) is 48.8 Å². The summed E-state index contributed by atoms with van der Waals surface area (Å²) >= 11 is 3.46. The lowest BCUT2D eigenvalue weighted by Crippen LogP contribution is -2.47. The minimum Gasteiger partial charge on any atom is -0.353 e. The van der Waals surface area contributed by atoms with Crippen molar-refractivity contribution in [3.8, 4) is 0 Å². The van der Waals surface area contributed by atoms with Gasteiger partial charge in [0.1, 0.15) is 0 Å². The summed E-state index contributed by atoms with van der Waals surface area (Å²) in [6, 6.07) is 8.59. The van der Waals surface area contributed by atoms with Crippen LogP contribution in [0.2, 0.25) is 0 Å². The first-order valence-corrected chi connectivity index (χ1v) is 9.23. The third-order valence-corrected chi connectivity index (χ3v) is 5.57. The number of amides is 1. The van der Waals surface area contributed by atoms with Gasteiger partial charge in [-0.3, -0.25) is 4.79 Å². The number of benzene rings is 1. The second-order valence-electron chi connectivity index (χ2n) is 6.68. The fourth-order valence-corrected chi connectivity index (χ4v) is 3.75. The van der Waals surface area contributed by atoms with Crippen LogP contribution >= 0.6 is 15.9 Å². The predicted molar refractivity (Wildman–Crippen MR) is 92.9 cm³/mol. The first-order chi connectivity index (χ1) is 10.6. The topological polar surface area (TPSA) is 32.3 Å². The van der Waals surface area contributed by atoms with Crippen LogP contribution in [0.5, 0.6) is 0 Å². The van der Waals surface area contributed by atoms with Gasteiger partial charge in [-0.1, -0.05) is 35.0 Å². The van der Waals surface area contributed by atoms with Crippen LogP contribution in [-0.4, -0.2) is 36.5 Å². The molecule has 1 N–H and O–H groups in total. The molecule has 2 aliphatic rings. The van der Waals surface area contributed by atoms with E-state index in [9.17, 15) is 4.79 Å². The number of rotatable bonds is 5. The Balaban J connectivity index is 1.57. The van der Waals surface area contributed by atoms with Crippen LogP contribution in [0.15, 0.2) is 28.7 Å². The number of hydrogen-bond donors (Lipinski definition) is 1. The highest BCUT2D eigenvalue weighted by molar-refractivity contribution is 9.10. The molecule has 0 aromatic heterocycles. The molecule has 1 aromatic rings. The summed E-state index contributed by atoms with van der Waals surface area (Å²) < 4.78 is 1.07. The quantitative estimate of drug-likeness (QED) is 0.867. The number of likely N-dealkylation sites (tertiary alicyclic amines) is 1. The number of piperidine rings is 1. The smallest absolute Gasteiger partial charge is 0.230 e. The van der Waals surface area contributed by atoms with Gasteiger partial charge in [-0.05, 0) is 56.3 Å². The molecule has 0 bridgehead atoms. The summed E-state index contributed by atoms with van der Waals surface area (Å²) in [7, 11) is 0. The Morgan fingerprint density at radius 1 is 1.27 bits per heavy atom. The van der Waals surface area contributed by atoms with Crippen LogP contribution in [0, 0.1) is 0 Å². The van der Waals surface area contributed by atoms with Gasteiger partial charge in [-0.15, -0.1) is 0 Å². The molecule has 1 aliphatic carbocycles. The molecule has 4 heteroatoms. The maximum atomic E-state index is 12.8. The molecule has 3 rings (SSSR count). The van der Waals surface area contributed by atoms with Gasteiger partial charge in [0.2, 0.25) is 5.91 Å². The van der Waals surface area contributed by atoms with Gasteiger partial charge < -0.3 is 10.2 Å². The normalized spacial score (nSPS) is 21.5. The van der Waals surface area contributed by atoms with Gasteiger partial charge >= 0.3 is 0 Å². The lowest BCUT2D eigenvalue weighted by molar-refractivity contribution is -0.124. The molecule has 120 valence electrons. The van der Waals surface area contributed by atoms with E-state index in [2.05, 4.69) is 45.2 Å². The molecule has 1 aromatic carbocycles. The maximum Gasteiger partial charge on any atom is 0.230 e. The first-order valence-electron chi connectivity index (χ1n) is 8.43. The molecule has 22 heavy (non-hydrogen) atoms.